The van der Waals surface area contributed by atoms with Crippen LogP contribution in [0.1, 0.15) is 36.6 Å². The molecule has 44 heavy (non-hydrogen) atoms. The summed E-state index contributed by atoms with van der Waals surface area (Å²) in [6, 6.07) is 29.3. The minimum Gasteiger partial charge on any atom is -0.488 e. The number of allylic oxidation sites excluding steroid dienone is 1. The zero-order chi connectivity index (χ0) is 30.8. The Labute approximate surface area is 259 Å². The summed E-state index contributed by atoms with van der Waals surface area (Å²) in [7, 11) is 3.94. The Kier molecular flexibility index (Phi) is 8.17. The lowest BCUT2D eigenvalue weighted by Crippen LogP contribution is -2.40. The van der Waals surface area contributed by atoms with Crippen LogP contribution in [0, 0.1) is 0 Å². The first-order chi connectivity index (χ1) is 21.4. The van der Waals surface area contributed by atoms with E-state index in [9.17, 15) is 9.59 Å². The Morgan fingerprint density at radius 1 is 0.977 bits per heavy atom. The van der Waals surface area contributed by atoms with Crippen molar-refractivity contribution < 1.29 is 14.3 Å². The van der Waals surface area contributed by atoms with E-state index < -0.39 is 12.0 Å². The Bertz CT molecular complexity index is 2070. The van der Waals surface area contributed by atoms with Crippen molar-refractivity contribution in [2.24, 2.45) is 4.99 Å². The van der Waals surface area contributed by atoms with Crippen LogP contribution in [0.3, 0.4) is 0 Å². The van der Waals surface area contributed by atoms with E-state index in [0.29, 0.717) is 33.0 Å². The average Bonchev–Trinajstić information content (AvgIpc) is 3.33. The molecule has 0 saturated heterocycles. The van der Waals surface area contributed by atoms with Gasteiger partial charge in [0.2, 0.25) is 0 Å². The number of ether oxygens (including phenoxy) is 2. The molecule has 1 aliphatic heterocycles. The van der Waals surface area contributed by atoms with E-state index >= 15 is 0 Å². The van der Waals surface area contributed by atoms with Crippen molar-refractivity contribution in [2.45, 2.75) is 26.5 Å². The Morgan fingerprint density at radius 2 is 1.70 bits per heavy atom. The van der Waals surface area contributed by atoms with Crippen molar-refractivity contribution in [3.63, 3.8) is 0 Å². The number of anilines is 1. The fourth-order valence-electron chi connectivity index (χ4n) is 5.51. The van der Waals surface area contributed by atoms with Crippen LogP contribution >= 0.6 is 11.3 Å². The Balaban J connectivity index is 1.42. The number of rotatable bonds is 8. The van der Waals surface area contributed by atoms with E-state index in [4.69, 9.17) is 14.5 Å². The highest BCUT2D eigenvalue weighted by atomic mass is 32.1. The molecular weight excluding hydrogens is 570 g/mol. The highest BCUT2D eigenvalue weighted by Gasteiger charge is 2.33. The summed E-state index contributed by atoms with van der Waals surface area (Å²) < 4.78 is 13.9. The van der Waals surface area contributed by atoms with Gasteiger partial charge in [-0.15, -0.1) is 0 Å². The molecule has 1 aliphatic rings. The number of aromatic nitrogens is 1. The van der Waals surface area contributed by atoms with E-state index in [2.05, 4.69) is 24.3 Å². The first kappa shape index (κ1) is 29.1. The van der Waals surface area contributed by atoms with Crippen LogP contribution < -0.4 is 24.5 Å². The molecule has 0 amide bonds. The quantitative estimate of drug-likeness (QED) is 0.216. The fourth-order valence-corrected chi connectivity index (χ4v) is 6.55. The minimum atomic E-state index is -0.665. The zero-order valence-electron chi connectivity index (χ0n) is 25.1. The lowest BCUT2D eigenvalue weighted by atomic mass is 9.95. The molecule has 7 nitrogen and oxygen atoms in total. The maximum Gasteiger partial charge on any atom is 0.338 e. The summed E-state index contributed by atoms with van der Waals surface area (Å²) in [6.45, 7) is 4.17. The third kappa shape index (κ3) is 5.56. The van der Waals surface area contributed by atoms with Crippen LogP contribution in [0.15, 0.2) is 112 Å². The maximum absolute atomic E-state index is 14.1. The molecule has 222 valence electrons. The standard InChI is InChI=1S/C36H33N3O4S/c1-5-42-35(41)32-23(2)37-36-39(33(32)25-17-19-28(20-18-25)38(3)4)34(40)31(44-36)21-26-12-7-9-16-30(26)43-22-27-14-10-13-24-11-6-8-15-29(24)27/h6-21,33H,5,22H2,1-4H3/b31-21-/t33-/m1/s1. The summed E-state index contributed by atoms with van der Waals surface area (Å²) in [5.41, 5.74) is 4.36. The van der Waals surface area contributed by atoms with Gasteiger partial charge in [0.05, 0.1) is 28.5 Å². The van der Waals surface area contributed by atoms with Gasteiger partial charge in [0.15, 0.2) is 4.80 Å². The number of nitrogens with zero attached hydrogens (tertiary/aromatic N) is 3. The van der Waals surface area contributed by atoms with Crippen LogP contribution in [-0.4, -0.2) is 31.2 Å². The van der Waals surface area contributed by atoms with Crippen LogP contribution in [-0.2, 0) is 16.1 Å². The van der Waals surface area contributed by atoms with E-state index in [1.54, 1.807) is 18.4 Å². The van der Waals surface area contributed by atoms with E-state index in [1.165, 1.54) is 11.3 Å². The molecule has 2 heterocycles. The molecule has 0 radical (unpaired) electrons. The molecule has 0 aliphatic carbocycles. The summed E-state index contributed by atoms with van der Waals surface area (Å²) in [4.78, 5) is 34.6. The monoisotopic (exact) mass is 603 g/mol. The van der Waals surface area contributed by atoms with E-state index in [1.807, 2.05) is 91.8 Å². The number of thiazole rings is 1. The van der Waals surface area contributed by atoms with E-state index in [-0.39, 0.29) is 12.2 Å². The van der Waals surface area contributed by atoms with Gasteiger partial charge >= 0.3 is 5.97 Å². The molecule has 0 fully saturated rings. The second-order valence-electron chi connectivity index (χ2n) is 10.8. The van der Waals surface area contributed by atoms with E-state index in [0.717, 1.165) is 33.2 Å². The normalized spacial score (nSPS) is 14.7. The Hall–Kier alpha value is -4.95. The smallest absolute Gasteiger partial charge is 0.338 e. The first-order valence-corrected chi connectivity index (χ1v) is 15.3. The number of fused-ring (bicyclic) bond motifs is 2. The van der Waals surface area contributed by atoms with Gasteiger partial charge in [-0.05, 0) is 60.0 Å². The molecular formula is C36H33N3O4S. The summed E-state index contributed by atoms with van der Waals surface area (Å²) in [5.74, 6) is 0.197. The van der Waals surface area contributed by atoms with Gasteiger partial charge < -0.3 is 14.4 Å². The Morgan fingerprint density at radius 3 is 2.48 bits per heavy atom. The lowest BCUT2D eigenvalue weighted by Gasteiger charge is -2.25. The second-order valence-corrected chi connectivity index (χ2v) is 11.8. The number of benzene rings is 4. The summed E-state index contributed by atoms with van der Waals surface area (Å²) >= 11 is 1.30. The van der Waals surface area contributed by atoms with Gasteiger partial charge in [0.25, 0.3) is 5.56 Å². The third-order valence-electron chi connectivity index (χ3n) is 7.71. The van der Waals surface area contributed by atoms with Crippen molar-refractivity contribution in [1.82, 2.24) is 4.57 Å². The van der Waals surface area contributed by atoms with Gasteiger partial charge in [-0.3, -0.25) is 9.36 Å². The van der Waals surface area contributed by atoms with Crippen LogP contribution in [0.25, 0.3) is 16.8 Å². The molecule has 0 unspecified atom stereocenters. The zero-order valence-corrected chi connectivity index (χ0v) is 25.9. The molecule has 6 rings (SSSR count). The molecule has 1 atom stereocenters. The number of para-hydroxylation sites is 1. The molecule has 0 bridgehead atoms. The fraction of sp³-hybridized carbons (Fsp3) is 0.194. The summed E-state index contributed by atoms with van der Waals surface area (Å²) in [6.07, 6.45) is 1.85. The summed E-state index contributed by atoms with van der Waals surface area (Å²) in [5, 5.41) is 2.30. The number of esters is 1. The SMILES string of the molecule is CCOC(=O)C1=C(C)N=c2s/c(=C\c3ccccc3OCc3cccc4ccccc34)c(=O)n2[C@@H]1c1ccc(N(C)C)cc1. The average molecular weight is 604 g/mol. The number of hydrogen-bond acceptors (Lipinski definition) is 7. The van der Waals surface area contributed by atoms with Gasteiger partial charge in [-0.25, -0.2) is 9.79 Å². The van der Waals surface area contributed by atoms with Crippen molar-refractivity contribution in [3.05, 3.63) is 139 Å². The third-order valence-corrected chi connectivity index (χ3v) is 8.69. The number of carbonyl (C=O) groups is 1. The van der Waals surface area contributed by atoms with Gasteiger partial charge in [-0.2, -0.15) is 0 Å². The molecule has 1 aromatic heterocycles. The van der Waals surface area contributed by atoms with Crippen LogP contribution in [0.2, 0.25) is 0 Å². The van der Waals surface area contributed by atoms with Crippen LogP contribution in [0.4, 0.5) is 5.69 Å². The highest BCUT2D eigenvalue weighted by Crippen LogP contribution is 2.32. The number of carbonyl (C=O) groups excluding carboxylic acids is 1. The predicted octanol–water partition coefficient (Wildman–Crippen LogP) is 5.60. The maximum atomic E-state index is 14.1. The van der Waals surface area contributed by atoms with Crippen LogP contribution in [0.5, 0.6) is 5.75 Å². The molecule has 0 saturated carbocycles. The topological polar surface area (TPSA) is 73.1 Å². The molecule has 5 aromatic rings. The second kappa shape index (κ2) is 12.3. The highest BCUT2D eigenvalue weighted by molar-refractivity contribution is 7.07. The first-order valence-electron chi connectivity index (χ1n) is 14.5. The van der Waals surface area contributed by atoms with Crippen molar-refractivity contribution in [1.29, 1.82) is 0 Å². The molecule has 0 N–H and O–H groups in total. The minimum absolute atomic E-state index is 0.224. The van der Waals surface area contributed by atoms with Gasteiger partial charge in [-0.1, -0.05) is 84.1 Å². The van der Waals surface area contributed by atoms with Crippen molar-refractivity contribution in [2.75, 3.05) is 25.6 Å². The lowest BCUT2D eigenvalue weighted by molar-refractivity contribution is -0.139. The van der Waals surface area contributed by atoms with Crippen molar-refractivity contribution in [3.8, 4) is 5.75 Å². The predicted molar refractivity (Wildman–Crippen MR) is 176 cm³/mol. The van der Waals surface area contributed by atoms with Crippen molar-refractivity contribution >= 4 is 39.8 Å². The molecule has 4 aromatic carbocycles. The number of hydrogen-bond donors (Lipinski definition) is 0. The molecule has 0 spiro atoms. The van der Waals surface area contributed by atoms with Gasteiger partial charge in [0.1, 0.15) is 12.4 Å². The largest absolute Gasteiger partial charge is 0.488 e. The molecule has 8 heteroatoms. The van der Waals surface area contributed by atoms with Gasteiger partial charge in [0, 0.05) is 25.3 Å².